The fourth-order valence-corrected chi connectivity index (χ4v) is 12.8. The van der Waals surface area contributed by atoms with Crippen molar-refractivity contribution >= 4 is 5.91 Å². The van der Waals surface area contributed by atoms with Crippen molar-refractivity contribution in [2.75, 3.05) is 19.8 Å². The van der Waals surface area contributed by atoms with E-state index in [0.29, 0.717) is 12.8 Å². The van der Waals surface area contributed by atoms with Gasteiger partial charge in [0, 0.05) is 6.42 Å². The summed E-state index contributed by atoms with van der Waals surface area (Å²) in [4.78, 5) is 13.4. The summed E-state index contributed by atoms with van der Waals surface area (Å²) in [6.45, 7) is 2.83. The van der Waals surface area contributed by atoms with Gasteiger partial charge in [0.05, 0.1) is 32.0 Å². The predicted molar refractivity (Wildman–Crippen MR) is 378 cm³/mol. The molecule has 2 aliphatic heterocycles. The van der Waals surface area contributed by atoms with E-state index < -0.39 is 86.8 Å². The van der Waals surface area contributed by atoms with E-state index in [1.807, 2.05) is 6.08 Å². The second-order valence-electron chi connectivity index (χ2n) is 27.5. The minimum Gasteiger partial charge on any atom is -0.394 e. The molecule has 2 saturated heterocycles. The Morgan fingerprint density at radius 1 is 0.380 bits per heavy atom. The van der Waals surface area contributed by atoms with Crippen LogP contribution >= 0.6 is 0 Å². The molecule has 1 amide bonds. The summed E-state index contributed by atoms with van der Waals surface area (Å²) in [7, 11) is 0. The molecule has 92 heavy (non-hydrogen) atoms. The van der Waals surface area contributed by atoms with Crippen LogP contribution in [0.3, 0.4) is 0 Å². The Balaban J connectivity index is 1.65. The summed E-state index contributed by atoms with van der Waals surface area (Å²) in [5.41, 5.74) is 0. The molecule has 2 fully saturated rings. The van der Waals surface area contributed by atoms with Gasteiger partial charge in [-0.25, -0.2) is 0 Å². The minimum atomic E-state index is -1.79. The first-order chi connectivity index (χ1) is 45.1. The highest BCUT2D eigenvalue weighted by molar-refractivity contribution is 5.76. The molecular weight excluding hydrogens is 1160 g/mol. The first-order valence-corrected chi connectivity index (χ1v) is 38.9. The minimum absolute atomic E-state index is 0.247. The van der Waals surface area contributed by atoms with Crippen LogP contribution in [0.5, 0.6) is 0 Å². The van der Waals surface area contributed by atoms with Crippen LogP contribution in [0.1, 0.15) is 348 Å². The maximum Gasteiger partial charge on any atom is 0.220 e. The standard InChI is InChI=1S/C78H145NO13/c1-3-5-7-9-11-13-15-17-19-21-23-25-27-29-31-32-33-34-36-38-40-42-44-46-48-50-52-54-56-58-60-62-70(83)79-66(65-89-77-75(88)73(86)76(69(64-81)91-77)92-78-74(87)72(85)71(84)68(63-80)90-78)67(82)61-59-57-55-53-51-49-47-45-43-41-39-37-35-30-28-26-24-22-20-18-16-14-12-10-8-6-4-2/h21,23,43,45,51,53,59,61,66-69,71-78,80-82,84-88H,3-20,22,24-42,44,46-50,52,54-58,60,62-65H2,1-2H3,(H,79,83)/b23-21-,45-43+,53-51+,61-59+. The zero-order valence-corrected chi connectivity index (χ0v) is 59.1. The normalized spacial score (nSPS) is 22.9. The van der Waals surface area contributed by atoms with Gasteiger partial charge in [0.25, 0.3) is 0 Å². The molecule has 0 saturated carbocycles. The van der Waals surface area contributed by atoms with Crippen molar-refractivity contribution in [2.45, 2.75) is 421 Å². The fourth-order valence-electron chi connectivity index (χ4n) is 12.8. The van der Waals surface area contributed by atoms with Crippen molar-refractivity contribution in [3.8, 4) is 0 Å². The first kappa shape index (κ1) is 86.0. The highest BCUT2D eigenvalue weighted by atomic mass is 16.7. The third kappa shape index (κ3) is 45.5. The maximum absolute atomic E-state index is 13.4. The van der Waals surface area contributed by atoms with Gasteiger partial charge in [0.2, 0.25) is 5.91 Å². The first-order valence-electron chi connectivity index (χ1n) is 38.9. The number of nitrogens with one attached hydrogen (secondary N) is 1. The average molecular weight is 1310 g/mol. The molecule has 0 aromatic rings. The second kappa shape index (κ2) is 62.5. The average Bonchev–Trinajstić information content (AvgIpc) is 0.844. The van der Waals surface area contributed by atoms with Crippen LogP contribution in [0.2, 0.25) is 0 Å². The number of unbranched alkanes of at least 4 members (excludes halogenated alkanes) is 46. The Labute approximate surface area is 563 Å². The molecule has 0 radical (unpaired) electrons. The van der Waals surface area contributed by atoms with Gasteiger partial charge in [-0.15, -0.1) is 0 Å². The predicted octanol–water partition coefficient (Wildman–Crippen LogP) is 17.0. The molecule has 0 aromatic heterocycles. The molecule has 2 heterocycles. The SMILES string of the molecule is CCCCCCCCCC/C=C\CCCCCCCCCCCCCCCCCCCCCC(=O)NC(COC1OC(CO)C(OC2OC(CO)C(O)C(O)C2O)C(O)C1O)C(O)/C=C/CC/C=C/CC/C=C/CCCCCCCCCCCCCCCCCCC. The van der Waals surface area contributed by atoms with Gasteiger partial charge in [-0.1, -0.05) is 319 Å². The molecule has 12 atom stereocenters. The van der Waals surface area contributed by atoms with E-state index in [1.165, 1.54) is 270 Å². The van der Waals surface area contributed by atoms with Crippen LogP contribution in [0.4, 0.5) is 0 Å². The van der Waals surface area contributed by atoms with Gasteiger partial charge >= 0.3 is 0 Å². The molecule has 0 spiro atoms. The van der Waals surface area contributed by atoms with E-state index in [1.54, 1.807) is 6.08 Å². The van der Waals surface area contributed by atoms with Crippen molar-refractivity contribution in [3.63, 3.8) is 0 Å². The lowest BCUT2D eigenvalue weighted by atomic mass is 9.97. The quantitative estimate of drug-likeness (QED) is 0.0204. The van der Waals surface area contributed by atoms with Gasteiger partial charge in [-0.05, 0) is 70.6 Å². The molecule has 0 aliphatic carbocycles. The number of hydrogen-bond acceptors (Lipinski definition) is 13. The number of allylic oxidation sites excluding steroid dienone is 7. The third-order valence-electron chi connectivity index (χ3n) is 19.0. The van der Waals surface area contributed by atoms with E-state index in [9.17, 15) is 45.6 Å². The molecule has 9 N–H and O–H groups in total. The lowest BCUT2D eigenvalue weighted by molar-refractivity contribution is -0.359. The van der Waals surface area contributed by atoms with Crippen LogP contribution < -0.4 is 5.32 Å². The van der Waals surface area contributed by atoms with Crippen LogP contribution in [-0.2, 0) is 23.7 Å². The number of carbonyl (C=O) groups is 1. The van der Waals surface area contributed by atoms with Crippen LogP contribution in [-0.4, -0.2) is 140 Å². The molecule has 12 unspecified atom stereocenters. The zero-order valence-electron chi connectivity index (χ0n) is 59.1. The van der Waals surface area contributed by atoms with Gasteiger partial charge in [-0.2, -0.15) is 0 Å². The van der Waals surface area contributed by atoms with E-state index in [2.05, 4.69) is 55.6 Å². The van der Waals surface area contributed by atoms with Crippen molar-refractivity contribution in [3.05, 3.63) is 48.6 Å². The Hall–Kier alpha value is -2.05. The summed E-state index contributed by atoms with van der Waals surface area (Å²) in [5.74, 6) is -0.247. The van der Waals surface area contributed by atoms with Crippen molar-refractivity contribution in [1.29, 1.82) is 0 Å². The van der Waals surface area contributed by atoms with Crippen molar-refractivity contribution < 1.29 is 64.6 Å². The van der Waals surface area contributed by atoms with Gasteiger partial charge in [-0.3, -0.25) is 4.79 Å². The van der Waals surface area contributed by atoms with Gasteiger partial charge < -0.3 is 65.1 Å². The number of amides is 1. The lowest BCUT2D eigenvalue weighted by Gasteiger charge is -2.46. The molecule has 2 rings (SSSR count). The molecular formula is C78H145NO13. The molecule has 14 heteroatoms. The summed E-state index contributed by atoms with van der Waals surface area (Å²) in [5, 5.41) is 87.6. The Morgan fingerprint density at radius 3 is 1.07 bits per heavy atom. The number of rotatable bonds is 65. The highest BCUT2D eigenvalue weighted by Gasteiger charge is 2.51. The summed E-state index contributed by atoms with van der Waals surface area (Å²) < 4.78 is 22.9. The third-order valence-corrected chi connectivity index (χ3v) is 19.0. The number of carbonyl (C=O) groups excluding carboxylic acids is 1. The van der Waals surface area contributed by atoms with E-state index in [4.69, 9.17) is 18.9 Å². The number of hydrogen-bond donors (Lipinski definition) is 9. The second-order valence-corrected chi connectivity index (χ2v) is 27.5. The Morgan fingerprint density at radius 2 is 0.696 bits per heavy atom. The largest absolute Gasteiger partial charge is 0.394 e. The van der Waals surface area contributed by atoms with Crippen LogP contribution in [0.15, 0.2) is 48.6 Å². The molecule has 0 bridgehead atoms. The highest BCUT2D eigenvalue weighted by Crippen LogP contribution is 2.30. The fraction of sp³-hybridized carbons (Fsp3) is 0.885. The molecule has 14 nitrogen and oxygen atoms in total. The Kier molecular flexibility index (Phi) is 58.4. The van der Waals surface area contributed by atoms with Gasteiger partial charge in [0.1, 0.15) is 48.8 Å². The summed E-state index contributed by atoms with van der Waals surface area (Å²) in [6.07, 6.45) is 66.2. The van der Waals surface area contributed by atoms with Crippen molar-refractivity contribution in [1.82, 2.24) is 5.32 Å². The molecule has 0 aromatic carbocycles. The van der Waals surface area contributed by atoms with Crippen molar-refractivity contribution in [2.24, 2.45) is 0 Å². The lowest BCUT2D eigenvalue weighted by Crippen LogP contribution is -2.65. The smallest absolute Gasteiger partial charge is 0.220 e. The maximum atomic E-state index is 13.4. The van der Waals surface area contributed by atoms with Gasteiger partial charge in [0.15, 0.2) is 12.6 Å². The number of ether oxygens (including phenoxy) is 4. The van der Waals surface area contributed by atoms with E-state index >= 15 is 0 Å². The Bertz CT molecular complexity index is 1730. The monoisotopic (exact) mass is 1300 g/mol. The van der Waals surface area contributed by atoms with Crippen LogP contribution in [0.25, 0.3) is 0 Å². The zero-order chi connectivity index (χ0) is 66.6. The number of aliphatic hydroxyl groups excluding tert-OH is 8. The summed E-state index contributed by atoms with van der Waals surface area (Å²) in [6, 6.07) is -0.939. The van der Waals surface area contributed by atoms with E-state index in [0.717, 1.165) is 44.9 Å². The molecule has 2 aliphatic rings. The van der Waals surface area contributed by atoms with Crippen LogP contribution in [0, 0.1) is 0 Å². The number of aliphatic hydroxyl groups is 8. The molecule has 540 valence electrons. The van der Waals surface area contributed by atoms with E-state index in [-0.39, 0.29) is 18.9 Å². The topological polar surface area (TPSA) is 228 Å². The summed E-state index contributed by atoms with van der Waals surface area (Å²) >= 11 is 0.